The Labute approximate surface area is 124 Å². The fraction of sp³-hybridized carbons (Fsp3) is 0.500. The molecule has 0 saturated carbocycles. The van der Waals surface area contributed by atoms with Crippen molar-refractivity contribution < 1.29 is 0 Å². The van der Waals surface area contributed by atoms with Gasteiger partial charge in [-0.25, -0.2) is 4.98 Å². The maximum Gasteiger partial charge on any atom is 0.258 e. The lowest BCUT2D eigenvalue weighted by molar-refractivity contribution is 0.103. The highest BCUT2D eigenvalue weighted by atomic mass is 16.1. The molecule has 0 aliphatic carbocycles. The van der Waals surface area contributed by atoms with Crippen LogP contribution in [0.2, 0.25) is 0 Å². The number of para-hydroxylation sites is 1. The average molecular weight is 286 g/mol. The fourth-order valence-electron chi connectivity index (χ4n) is 2.94. The van der Waals surface area contributed by atoms with Gasteiger partial charge in [-0.15, -0.1) is 0 Å². The Balaban J connectivity index is 1.85. The molecule has 5 heteroatoms. The Hall–Kier alpha value is -1.72. The summed E-state index contributed by atoms with van der Waals surface area (Å²) in [5, 5.41) is 0.657. The van der Waals surface area contributed by atoms with Crippen LogP contribution in [0, 0.1) is 0 Å². The van der Waals surface area contributed by atoms with Crippen LogP contribution in [0.25, 0.3) is 10.9 Å². The van der Waals surface area contributed by atoms with Crippen LogP contribution in [0.15, 0.2) is 29.1 Å². The van der Waals surface area contributed by atoms with Crippen molar-refractivity contribution in [2.24, 2.45) is 0 Å². The van der Waals surface area contributed by atoms with Crippen LogP contribution in [0.4, 0.5) is 0 Å². The van der Waals surface area contributed by atoms with Gasteiger partial charge in [0.2, 0.25) is 0 Å². The van der Waals surface area contributed by atoms with E-state index in [1.807, 2.05) is 24.3 Å². The molecule has 0 amide bonds. The second-order valence-corrected chi connectivity index (χ2v) is 5.61. The molecule has 21 heavy (non-hydrogen) atoms. The molecule has 1 aromatic heterocycles. The Morgan fingerprint density at radius 3 is 2.67 bits per heavy atom. The van der Waals surface area contributed by atoms with Gasteiger partial charge in [-0.2, -0.15) is 0 Å². The number of aromatic nitrogens is 2. The van der Waals surface area contributed by atoms with E-state index in [-0.39, 0.29) is 11.6 Å². The van der Waals surface area contributed by atoms with Gasteiger partial charge >= 0.3 is 0 Å². The smallest absolute Gasteiger partial charge is 0.258 e. The molecule has 1 N–H and O–H groups in total. The van der Waals surface area contributed by atoms with Crippen molar-refractivity contribution in [2.45, 2.75) is 19.9 Å². The normalized spacial score (nSPS) is 19.0. The molecule has 3 rings (SSSR count). The molecule has 1 unspecified atom stereocenters. The highest BCUT2D eigenvalue weighted by molar-refractivity contribution is 5.77. The van der Waals surface area contributed by atoms with E-state index in [2.05, 4.69) is 33.6 Å². The van der Waals surface area contributed by atoms with Crippen LogP contribution >= 0.6 is 0 Å². The number of piperazine rings is 1. The molecular weight excluding hydrogens is 264 g/mol. The molecular formula is C16H22N4O. The summed E-state index contributed by atoms with van der Waals surface area (Å²) in [6.45, 7) is 9.62. The van der Waals surface area contributed by atoms with Crippen molar-refractivity contribution in [3.05, 3.63) is 40.4 Å². The summed E-state index contributed by atoms with van der Waals surface area (Å²) in [6, 6.07) is 7.64. The third-order valence-corrected chi connectivity index (χ3v) is 4.43. The van der Waals surface area contributed by atoms with Gasteiger partial charge in [0.05, 0.1) is 16.9 Å². The summed E-state index contributed by atoms with van der Waals surface area (Å²) < 4.78 is 0. The van der Waals surface area contributed by atoms with Crippen molar-refractivity contribution in [1.29, 1.82) is 0 Å². The quantitative estimate of drug-likeness (QED) is 0.931. The molecule has 5 nitrogen and oxygen atoms in total. The molecule has 0 spiro atoms. The molecule has 1 atom stereocenters. The minimum absolute atomic E-state index is 0.0466. The van der Waals surface area contributed by atoms with Crippen LogP contribution in [-0.4, -0.2) is 52.5 Å². The molecule has 1 fully saturated rings. The van der Waals surface area contributed by atoms with Crippen LogP contribution in [-0.2, 0) is 0 Å². The van der Waals surface area contributed by atoms with E-state index < -0.39 is 0 Å². The first-order valence-electron chi connectivity index (χ1n) is 7.64. The predicted molar refractivity (Wildman–Crippen MR) is 84.5 cm³/mol. The Kier molecular flexibility index (Phi) is 4.03. The second-order valence-electron chi connectivity index (χ2n) is 5.61. The van der Waals surface area contributed by atoms with E-state index in [9.17, 15) is 4.79 Å². The van der Waals surface area contributed by atoms with E-state index in [1.54, 1.807) is 0 Å². The topological polar surface area (TPSA) is 52.2 Å². The van der Waals surface area contributed by atoms with Crippen molar-refractivity contribution in [3.8, 4) is 0 Å². The largest absolute Gasteiger partial charge is 0.309 e. The molecule has 1 aromatic carbocycles. The van der Waals surface area contributed by atoms with Crippen LogP contribution in [0.3, 0.4) is 0 Å². The van der Waals surface area contributed by atoms with Gasteiger partial charge in [-0.05, 0) is 25.6 Å². The van der Waals surface area contributed by atoms with Gasteiger partial charge in [0.1, 0.15) is 5.82 Å². The highest BCUT2D eigenvalue weighted by Crippen LogP contribution is 2.19. The van der Waals surface area contributed by atoms with Gasteiger partial charge < -0.3 is 9.88 Å². The molecule has 0 radical (unpaired) electrons. The number of nitrogens with zero attached hydrogens (tertiary/aromatic N) is 3. The first kappa shape index (κ1) is 14.2. The summed E-state index contributed by atoms with van der Waals surface area (Å²) in [5.41, 5.74) is 0.727. The predicted octanol–water partition coefficient (Wildman–Crippen LogP) is 1.62. The maximum absolute atomic E-state index is 12.2. The fourth-order valence-corrected chi connectivity index (χ4v) is 2.94. The third-order valence-electron chi connectivity index (χ3n) is 4.43. The summed E-state index contributed by atoms with van der Waals surface area (Å²) in [6.07, 6.45) is 0. The number of hydrogen-bond donors (Lipinski definition) is 1. The van der Waals surface area contributed by atoms with Crippen molar-refractivity contribution >= 4 is 10.9 Å². The number of rotatable bonds is 3. The van der Waals surface area contributed by atoms with Crippen molar-refractivity contribution in [3.63, 3.8) is 0 Å². The molecule has 0 bridgehead atoms. The summed E-state index contributed by atoms with van der Waals surface area (Å²) >= 11 is 0. The van der Waals surface area contributed by atoms with Crippen LogP contribution in [0.1, 0.15) is 25.7 Å². The number of aromatic amines is 1. The van der Waals surface area contributed by atoms with E-state index in [1.165, 1.54) is 0 Å². The number of likely N-dealkylation sites (N-methyl/N-ethyl adjacent to an activating group) is 1. The molecule has 2 heterocycles. The van der Waals surface area contributed by atoms with Gasteiger partial charge in [-0.3, -0.25) is 9.69 Å². The molecule has 1 aliphatic heterocycles. The minimum Gasteiger partial charge on any atom is -0.309 e. The SMILES string of the molecule is CCN1CCN(C(C)c2nc3ccccc3c(=O)[nH]2)CC1. The first-order valence-corrected chi connectivity index (χ1v) is 7.64. The van der Waals surface area contributed by atoms with Crippen LogP contribution < -0.4 is 5.56 Å². The molecule has 112 valence electrons. The molecule has 2 aromatic rings. The van der Waals surface area contributed by atoms with E-state index in [0.29, 0.717) is 5.39 Å². The lowest BCUT2D eigenvalue weighted by Gasteiger charge is -2.37. The lowest BCUT2D eigenvalue weighted by atomic mass is 10.2. The van der Waals surface area contributed by atoms with Crippen LogP contribution in [0.5, 0.6) is 0 Å². The number of hydrogen-bond acceptors (Lipinski definition) is 4. The number of benzene rings is 1. The number of nitrogens with one attached hydrogen (secondary N) is 1. The van der Waals surface area contributed by atoms with Gasteiger partial charge in [0.25, 0.3) is 5.56 Å². The average Bonchev–Trinajstić information content (AvgIpc) is 2.54. The monoisotopic (exact) mass is 286 g/mol. The van der Waals surface area contributed by atoms with Gasteiger partial charge in [0, 0.05) is 26.2 Å². The van der Waals surface area contributed by atoms with Gasteiger partial charge in [0.15, 0.2) is 0 Å². The summed E-state index contributed by atoms with van der Waals surface area (Å²) in [7, 11) is 0. The molecule has 1 aliphatic rings. The van der Waals surface area contributed by atoms with E-state index >= 15 is 0 Å². The zero-order valence-electron chi connectivity index (χ0n) is 12.7. The Bertz CT molecular complexity index is 673. The zero-order chi connectivity index (χ0) is 14.8. The zero-order valence-corrected chi connectivity index (χ0v) is 12.7. The Morgan fingerprint density at radius 2 is 1.95 bits per heavy atom. The van der Waals surface area contributed by atoms with Crippen molar-refractivity contribution in [2.75, 3.05) is 32.7 Å². The minimum atomic E-state index is -0.0466. The van der Waals surface area contributed by atoms with E-state index in [0.717, 1.165) is 44.1 Å². The summed E-state index contributed by atoms with van der Waals surface area (Å²) in [5.74, 6) is 0.767. The summed E-state index contributed by atoms with van der Waals surface area (Å²) in [4.78, 5) is 24.6. The maximum atomic E-state index is 12.2. The van der Waals surface area contributed by atoms with Gasteiger partial charge in [-0.1, -0.05) is 19.1 Å². The standard InChI is InChI=1S/C16H22N4O/c1-3-19-8-10-20(11-9-19)12(2)15-17-14-7-5-4-6-13(14)16(21)18-15/h4-7,12H,3,8-11H2,1-2H3,(H,17,18,21). The van der Waals surface area contributed by atoms with Crippen molar-refractivity contribution in [1.82, 2.24) is 19.8 Å². The highest BCUT2D eigenvalue weighted by Gasteiger charge is 2.23. The number of fused-ring (bicyclic) bond motifs is 1. The Morgan fingerprint density at radius 1 is 1.24 bits per heavy atom. The van der Waals surface area contributed by atoms with E-state index in [4.69, 9.17) is 0 Å². The lowest BCUT2D eigenvalue weighted by Crippen LogP contribution is -2.47. The second kappa shape index (κ2) is 5.95. The first-order chi connectivity index (χ1) is 10.2. The third kappa shape index (κ3) is 2.84. The number of H-pyrrole nitrogens is 1. The molecule has 1 saturated heterocycles.